The van der Waals surface area contributed by atoms with Crippen molar-refractivity contribution in [3.63, 3.8) is 0 Å². The highest BCUT2D eigenvalue weighted by molar-refractivity contribution is 7.99. The Morgan fingerprint density at radius 2 is 1.69 bits per heavy atom. The van der Waals surface area contributed by atoms with Gasteiger partial charge in [-0.15, -0.1) is 0 Å². The number of fused-ring (bicyclic) bond motifs is 1. The van der Waals surface area contributed by atoms with E-state index in [0.29, 0.717) is 0 Å². The molecule has 3 nitrogen and oxygen atoms in total. The van der Waals surface area contributed by atoms with Crippen molar-refractivity contribution in [3.8, 4) is 5.75 Å². The van der Waals surface area contributed by atoms with E-state index in [1.807, 2.05) is 36.4 Å². The summed E-state index contributed by atoms with van der Waals surface area (Å²) in [6, 6.07) is 24.3. The van der Waals surface area contributed by atoms with Gasteiger partial charge in [0.15, 0.2) is 5.16 Å². The van der Waals surface area contributed by atoms with Gasteiger partial charge in [0, 0.05) is 11.1 Å². The molecule has 1 N–H and O–H groups in total. The SMILES string of the molecule is COc1ccc2nc(S[C@H](c3ccccc3)c3ccc(Cl)cc3)[nH]c2c1. The first-order valence-corrected chi connectivity index (χ1v) is 9.49. The molecular weight excluding hydrogens is 364 g/mol. The number of halogens is 1. The van der Waals surface area contributed by atoms with Gasteiger partial charge >= 0.3 is 0 Å². The fraction of sp³-hybridized carbons (Fsp3) is 0.0952. The lowest BCUT2D eigenvalue weighted by atomic mass is 10.0. The first-order chi connectivity index (χ1) is 12.7. The Morgan fingerprint density at radius 3 is 2.42 bits per heavy atom. The summed E-state index contributed by atoms with van der Waals surface area (Å²) in [4.78, 5) is 8.12. The Balaban J connectivity index is 1.71. The van der Waals surface area contributed by atoms with Crippen LogP contribution in [0.2, 0.25) is 5.02 Å². The molecule has 1 aromatic heterocycles. The van der Waals surface area contributed by atoms with E-state index in [1.54, 1.807) is 18.9 Å². The van der Waals surface area contributed by atoms with Crippen molar-refractivity contribution in [3.05, 3.63) is 88.9 Å². The minimum absolute atomic E-state index is 0.121. The second-order valence-corrected chi connectivity index (χ2v) is 7.42. The average molecular weight is 381 g/mol. The van der Waals surface area contributed by atoms with Gasteiger partial charge in [-0.2, -0.15) is 0 Å². The summed E-state index contributed by atoms with van der Waals surface area (Å²) < 4.78 is 5.30. The van der Waals surface area contributed by atoms with Gasteiger partial charge in [0.2, 0.25) is 0 Å². The lowest BCUT2D eigenvalue weighted by molar-refractivity contribution is 0.415. The first-order valence-electron chi connectivity index (χ1n) is 8.24. The van der Waals surface area contributed by atoms with E-state index in [2.05, 4.69) is 41.4 Å². The van der Waals surface area contributed by atoms with Crippen molar-refractivity contribution in [1.29, 1.82) is 0 Å². The van der Waals surface area contributed by atoms with Crippen LogP contribution in [0.15, 0.2) is 78.0 Å². The molecule has 5 heteroatoms. The number of nitrogens with zero attached hydrogens (tertiary/aromatic N) is 1. The maximum Gasteiger partial charge on any atom is 0.167 e. The van der Waals surface area contributed by atoms with Gasteiger partial charge in [-0.3, -0.25) is 0 Å². The van der Waals surface area contributed by atoms with Crippen LogP contribution in [0.4, 0.5) is 0 Å². The number of benzene rings is 3. The minimum Gasteiger partial charge on any atom is -0.497 e. The molecule has 0 bridgehead atoms. The van der Waals surface area contributed by atoms with Crippen molar-refractivity contribution in [2.45, 2.75) is 10.4 Å². The number of thioether (sulfide) groups is 1. The minimum atomic E-state index is 0.121. The highest BCUT2D eigenvalue weighted by Gasteiger charge is 2.18. The molecule has 0 aliphatic rings. The maximum atomic E-state index is 6.07. The Bertz CT molecular complexity index is 1020. The van der Waals surface area contributed by atoms with Crippen LogP contribution in [-0.2, 0) is 0 Å². The van der Waals surface area contributed by atoms with Gasteiger partial charge in [-0.1, -0.05) is 65.8 Å². The number of hydrogen-bond donors (Lipinski definition) is 1. The molecule has 130 valence electrons. The normalized spacial score (nSPS) is 12.2. The topological polar surface area (TPSA) is 37.9 Å². The third kappa shape index (κ3) is 3.57. The Morgan fingerprint density at radius 1 is 0.962 bits per heavy atom. The van der Waals surface area contributed by atoms with E-state index in [9.17, 15) is 0 Å². The van der Waals surface area contributed by atoms with E-state index in [0.717, 1.165) is 27.0 Å². The predicted octanol–water partition coefficient (Wildman–Crippen LogP) is 6.11. The van der Waals surface area contributed by atoms with Crippen LogP contribution >= 0.6 is 23.4 Å². The van der Waals surface area contributed by atoms with E-state index < -0.39 is 0 Å². The molecule has 26 heavy (non-hydrogen) atoms. The van der Waals surface area contributed by atoms with E-state index in [1.165, 1.54) is 11.1 Å². The van der Waals surface area contributed by atoms with Gasteiger partial charge in [0.1, 0.15) is 5.75 Å². The number of ether oxygens (including phenoxy) is 1. The number of aromatic nitrogens is 2. The molecule has 3 aromatic carbocycles. The molecular formula is C21H17ClN2OS. The molecule has 0 radical (unpaired) electrons. The zero-order valence-corrected chi connectivity index (χ0v) is 15.7. The number of nitrogens with one attached hydrogen (secondary N) is 1. The third-order valence-electron chi connectivity index (χ3n) is 4.17. The number of hydrogen-bond acceptors (Lipinski definition) is 3. The lowest BCUT2D eigenvalue weighted by Crippen LogP contribution is -1.97. The standard InChI is InChI=1S/C21H17ClN2OS/c1-25-17-11-12-18-19(13-17)24-21(23-18)26-20(14-5-3-2-4-6-14)15-7-9-16(22)10-8-15/h2-13,20H,1H3,(H,23,24)/t20-/m1/s1. The number of aromatic amines is 1. The van der Waals surface area contributed by atoms with Gasteiger partial charge in [-0.25, -0.2) is 4.98 Å². The molecule has 0 spiro atoms. The molecule has 0 fully saturated rings. The predicted molar refractivity (Wildman–Crippen MR) is 108 cm³/mol. The zero-order valence-electron chi connectivity index (χ0n) is 14.1. The Kier molecular flexibility index (Phi) is 4.87. The molecule has 0 aliphatic carbocycles. The van der Waals surface area contributed by atoms with Crippen molar-refractivity contribution in [2.75, 3.05) is 7.11 Å². The van der Waals surface area contributed by atoms with E-state index >= 15 is 0 Å². The maximum absolute atomic E-state index is 6.07. The fourth-order valence-corrected chi connectivity index (χ4v) is 4.11. The van der Waals surface area contributed by atoms with Gasteiger partial charge < -0.3 is 9.72 Å². The molecule has 0 amide bonds. The number of methoxy groups -OCH3 is 1. The van der Waals surface area contributed by atoms with Crippen LogP contribution < -0.4 is 4.74 Å². The molecule has 0 saturated heterocycles. The highest BCUT2D eigenvalue weighted by atomic mass is 35.5. The van der Waals surface area contributed by atoms with Crippen molar-refractivity contribution in [2.24, 2.45) is 0 Å². The van der Waals surface area contributed by atoms with Gasteiger partial charge in [0.25, 0.3) is 0 Å². The van der Waals surface area contributed by atoms with Crippen molar-refractivity contribution >= 4 is 34.4 Å². The molecule has 0 unspecified atom stereocenters. The quantitative estimate of drug-likeness (QED) is 0.424. The summed E-state index contributed by atoms with van der Waals surface area (Å²) in [6.45, 7) is 0. The second kappa shape index (κ2) is 7.44. The molecule has 1 heterocycles. The van der Waals surface area contributed by atoms with Crippen LogP contribution in [0.25, 0.3) is 11.0 Å². The number of imidazole rings is 1. The smallest absolute Gasteiger partial charge is 0.167 e. The molecule has 1 atom stereocenters. The largest absolute Gasteiger partial charge is 0.497 e. The summed E-state index contributed by atoms with van der Waals surface area (Å²) in [7, 11) is 1.67. The van der Waals surface area contributed by atoms with Gasteiger partial charge in [-0.05, 0) is 35.4 Å². The summed E-state index contributed by atoms with van der Waals surface area (Å²) in [5.41, 5.74) is 4.30. The monoisotopic (exact) mass is 380 g/mol. The summed E-state index contributed by atoms with van der Waals surface area (Å²) >= 11 is 7.76. The molecule has 0 aliphatic heterocycles. The lowest BCUT2D eigenvalue weighted by Gasteiger charge is -2.16. The average Bonchev–Trinajstić information content (AvgIpc) is 3.09. The van der Waals surface area contributed by atoms with E-state index in [-0.39, 0.29) is 5.25 Å². The second-order valence-electron chi connectivity index (χ2n) is 5.89. The summed E-state index contributed by atoms with van der Waals surface area (Å²) in [5, 5.41) is 1.73. The van der Waals surface area contributed by atoms with Crippen LogP contribution in [0, 0.1) is 0 Å². The number of H-pyrrole nitrogens is 1. The Hall–Kier alpha value is -2.43. The zero-order chi connectivity index (χ0) is 17.9. The Labute approximate surface area is 161 Å². The number of rotatable bonds is 5. The van der Waals surface area contributed by atoms with Crippen LogP contribution in [0.5, 0.6) is 5.75 Å². The fourth-order valence-electron chi connectivity index (χ4n) is 2.85. The molecule has 4 aromatic rings. The van der Waals surface area contributed by atoms with Crippen molar-refractivity contribution in [1.82, 2.24) is 9.97 Å². The van der Waals surface area contributed by atoms with Crippen LogP contribution in [-0.4, -0.2) is 17.1 Å². The first kappa shape index (κ1) is 17.0. The molecule has 0 saturated carbocycles. The summed E-state index contributed by atoms with van der Waals surface area (Å²) in [6.07, 6.45) is 0. The van der Waals surface area contributed by atoms with Crippen molar-refractivity contribution < 1.29 is 4.74 Å². The summed E-state index contributed by atoms with van der Waals surface area (Å²) in [5.74, 6) is 0.815. The highest BCUT2D eigenvalue weighted by Crippen LogP contribution is 2.40. The third-order valence-corrected chi connectivity index (χ3v) is 5.62. The van der Waals surface area contributed by atoms with Crippen LogP contribution in [0.3, 0.4) is 0 Å². The van der Waals surface area contributed by atoms with E-state index in [4.69, 9.17) is 21.3 Å². The molecule has 4 rings (SSSR count). The van der Waals surface area contributed by atoms with Gasteiger partial charge in [0.05, 0.1) is 23.4 Å². The van der Waals surface area contributed by atoms with Crippen LogP contribution in [0.1, 0.15) is 16.4 Å².